The van der Waals surface area contributed by atoms with Crippen molar-refractivity contribution < 1.29 is 29.4 Å². The van der Waals surface area contributed by atoms with Crippen molar-refractivity contribution in [3.8, 4) is 0 Å². The number of rotatable bonds is 12. The van der Waals surface area contributed by atoms with Gasteiger partial charge in [-0.05, 0) is 25.3 Å². The van der Waals surface area contributed by atoms with E-state index in [4.69, 9.17) is 5.73 Å². The summed E-state index contributed by atoms with van der Waals surface area (Å²) in [5, 5.41) is 26.4. The fourth-order valence-electron chi connectivity index (χ4n) is 2.89. The van der Waals surface area contributed by atoms with E-state index >= 15 is 0 Å². The molecule has 0 saturated carbocycles. The largest absolute Gasteiger partial charge is 0.480 e. The maximum absolute atomic E-state index is 12.9. The van der Waals surface area contributed by atoms with E-state index in [1.807, 2.05) is 13.0 Å². The van der Waals surface area contributed by atoms with Gasteiger partial charge < -0.3 is 31.9 Å². The van der Waals surface area contributed by atoms with Crippen molar-refractivity contribution in [1.82, 2.24) is 16.0 Å². The molecule has 0 aliphatic carbocycles. The average Bonchev–Trinajstić information content (AvgIpc) is 2.75. The molecule has 6 atom stereocenters. The minimum absolute atomic E-state index is 0.124. The van der Waals surface area contributed by atoms with Crippen LogP contribution in [-0.2, 0) is 25.6 Å². The number of carboxylic acids is 1. The molecule has 32 heavy (non-hydrogen) atoms. The lowest BCUT2D eigenvalue weighted by Crippen LogP contribution is -2.58. The average molecular weight is 451 g/mol. The Bertz CT molecular complexity index is 786. The van der Waals surface area contributed by atoms with E-state index in [0.29, 0.717) is 6.42 Å². The van der Waals surface area contributed by atoms with Gasteiger partial charge in [0.05, 0.1) is 6.10 Å². The van der Waals surface area contributed by atoms with Crippen LogP contribution in [0.1, 0.15) is 39.7 Å². The smallest absolute Gasteiger partial charge is 0.326 e. The first-order valence-electron chi connectivity index (χ1n) is 10.6. The van der Waals surface area contributed by atoms with E-state index < -0.39 is 54.0 Å². The van der Waals surface area contributed by atoms with Crippen LogP contribution in [0.15, 0.2) is 30.3 Å². The number of aliphatic hydroxyl groups is 1. The summed E-state index contributed by atoms with van der Waals surface area (Å²) < 4.78 is 0. The molecule has 7 N–H and O–H groups in total. The number of hydrogen-bond donors (Lipinski definition) is 6. The van der Waals surface area contributed by atoms with E-state index in [1.165, 1.54) is 13.8 Å². The van der Waals surface area contributed by atoms with E-state index in [9.17, 15) is 29.4 Å². The van der Waals surface area contributed by atoms with Gasteiger partial charge in [-0.25, -0.2) is 4.79 Å². The van der Waals surface area contributed by atoms with Gasteiger partial charge in [0.2, 0.25) is 17.7 Å². The van der Waals surface area contributed by atoms with Gasteiger partial charge in [-0.1, -0.05) is 50.6 Å². The lowest BCUT2D eigenvalue weighted by molar-refractivity contribution is -0.143. The Morgan fingerprint density at radius 1 is 0.938 bits per heavy atom. The number of carbonyl (C=O) groups excluding carboxylic acids is 3. The zero-order valence-corrected chi connectivity index (χ0v) is 18.9. The Hall–Kier alpha value is -2.98. The number of aliphatic hydroxyl groups excluding tert-OH is 1. The van der Waals surface area contributed by atoms with Crippen molar-refractivity contribution in [2.24, 2.45) is 11.7 Å². The SMILES string of the molecule is CCC(C)C(NC(=O)C(Cc1ccccc1)NC(=O)C(C)NC(=O)C(N)C(C)O)C(=O)O. The molecule has 1 rings (SSSR count). The highest BCUT2D eigenvalue weighted by Crippen LogP contribution is 2.10. The summed E-state index contributed by atoms with van der Waals surface area (Å²) in [6, 6.07) is 4.51. The van der Waals surface area contributed by atoms with Crippen LogP contribution in [0.2, 0.25) is 0 Å². The maximum Gasteiger partial charge on any atom is 0.326 e. The maximum atomic E-state index is 12.9. The van der Waals surface area contributed by atoms with Gasteiger partial charge in [0.1, 0.15) is 24.2 Å². The van der Waals surface area contributed by atoms with E-state index in [1.54, 1.807) is 31.2 Å². The van der Waals surface area contributed by atoms with Gasteiger partial charge in [-0.2, -0.15) is 0 Å². The summed E-state index contributed by atoms with van der Waals surface area (Å²) >= 11 is 0. The molecule has 10 heteroatoms. The zero-order chi connectivity index (χ0) is 24.4. The first-order chi connectivity index (χ1) is 15.0. The zero-order valence-electron chi connectivity index (χ0n) is 18.9. The Morgan fingerprint density at radius 2 is 1.53 bits per heavy atom. The molecular weight excluding hydrogens is 416 g/mol. The molecule has 0 spiro atoms. The molecule has 0 radical (unpaired) electrons. The summed E-state index contributed by atoms with van der Waals surface area (Å²) in [7, 11) is 0. The predicted molar refractivity (Wildman–Crippen MR) is 118 cm³/mol. The number of aliphatic carboxylic acids is 1. The van der Waals surface area contributed by atoms with Crippen LogP contribution in [0.5, 0.6) is 0 Å². The Labute approximate surface area is 187 Å². The van der Waals surface area contributed by atoms with Crippen molar-refractivity contribution in [1.29, 1.82) is 0 Å². The number of benzene rings is 1. The van der Waals surface area contributed by atoms with Crippen LogP contribution in [-0.4, -0.2) is 64.2 Å². The lowest BCUT2D eigenvalue weighted by Gasteiger charge is -2.26. The third-order valence-electron chi connectivity index (χ3n) is 5.27. The second-order valence-corrected chi connectivity index (χ2v) is 7.96. The first kappa shape index (κ1) is 27.1. The monoisotopic (exact) mass is 450 g/mol. The fourth-order valence-corrected chi connectivity index (χ4v) is 2.89. The lowest BCUT2D eigenvalue weighted by atomic mass is 9.98. The van der Waals surface area contributed by atoms with Crippen LogP contribution in [0, 0.1) is 5.92 Å². The molecule has 0 aromatic heterocycles. The molecule has 0 bridgehead atoms. The Kier molecular flexibility index (Phi) is 10.8. The molecule has 1 aromatic rings. The second kappa shape index (κ2) is 12.8. The number of carbonyl (C=O) groups is 4. The molecule has 10 nitrogen and oxygen atoms in total. The summed E-state index contributed by atoms with van der Waals surface area (Å²) in [5.74, 6) is -3.49. The van der Waals surface area contributed by atoms with Crippen molar-refractivity contribution in [2.45, 2.75) is 70.8 Å². The molecule has 0 saturated heterocycles. The molecule has 0 fully saturated rings. The number of nitrogens with one attached hydrogen (secondary N) is 3. The van der Waals surface area contributed by atoms with Crippen molar-refractivity contribution in [3.63, 3.8) is 0 Å². The van der Waals surface area contributed by atoms with Crippen LogP contribution in [0.25, 0.3) is 0 Å². The third-order valence-corrected chi connectivity index (χ3v) is 5.27. The van der Waals surface area contributed by atoms with Gasteiger partial charge in [-0.3, -0.25) is 14.4 Å². The predicted octanol–water partition coefficient (Wildman–Crippen LogP) is -0.458. The minimum atomic E-state index is -1.21. The van der Waals surface area contributed by atoms with Crippen LogP contribution < -0.4 is 21.7 Å². The minimum Gasteiger partial charge on any atom is -0.480 e. The molecule has 0 aliphatic rings. The van der Waals surface area contributed by atoms with E-state index in [0.717, 1.165) is 5.56 Å². The van der Waals surface area contributed by atoms with Gasteiger partial charge in [0, 0.05) is 6.42 Å². The molecule has 3 amide bonds. The standard InChI is InChI=1S/C22H34N4O6/c1-5-12(2)18(22(31)32)26-20(29)16(11-15-9-7-6-8-10-15)25-19(28)13(3)24-21(30)17(23)14(4)27/h6-10,12-14,16-18,27H,5,11,23H2,1-4H3,(H,24,30)(H,25,28)(H,26,29)(H,31,32). The highest BCUT2D eigenvalue weighted by atomic mass is 16.4. The normalized spacial score (nSPS) is 16.6. The van der Waals surface area contributed by atoms with Crippen LogP contribution in [0.3, 0.4) is 0 Å². The fraction of sp³-hybridized carbons (Fsp3) is 0.545. The number of amides is 3. The summed E-state index contributed by atoms with van der Waals surface area (Å²) in [4.78, 5) is 49.2. The van der Waals surface area contributed by atoms with Crippen LogP contribution in [0.4, 0.5) is 0 Å². The summed E-state index contributed by atoms with van der Waals surface area (Å²) in [6.07, 6.45) is -0.436. The molecule has 0 aliphatic heterocycles. The molecular formula is C22H34N4O6. The van der Waals surface area contributed by atoms with E-state index in [-0.39, 0.29) is 12.3 Å². The molecule has 6 unspecified atom stereocenters. The summed E-state index contributed by atoms with van der Waals surface area (Å²) in [6.45, 7) is 6.30. The quantitative estimate of drug-likeness (QED) is 0.250. The third kappa shape index (κ3) is 8.27. The van der Waals surface area contributed by atoms with Crippen LogP contribution >= 0.6 is 0 Å². The second-order valence-electron chi connectivity index (χ2n) is 7.96. The van der Waals surface area contributed by atoms with Gasteiger partial charge in [0.15, 0.2) is 0 Å². The molecule has 0 heterocycles. The number of nitrogens with two attached hydrogens (primary N) is 1. The van der Waals surface area contributed by atoms with Crippen molar-refractivity contribution in [2.75, 3.05) is 0 Å². The summed E-state index contributed by atoms with van der Waals surface area (Å²) in [5.41, 5.74) is 6.33. The van der Waals surface area contributed by atoms with Gasteiger partial charge >= 0.3 is 5.97 Å². The van der Waals surface area contributed by atoms with E-state index in [2.05, 4.69) is 16.0 Å². The van der Waals surface area contributed by atoms with Crippen molar-refractivity contribution in [3.05, 3.63) is 35.9 Å². The first-order valence-corrected chi connectivity index (χ1v) is 10.6. The Balaban J connectivity index is 2.98. The number of carboxylic acid groups (broad SMARTS) is 1. The molecule has 1 aromatic carbocycles. The van der Waals surface area contributed by atoms with Gasteiger partial charge in [0.25, 0.3) is 0 Å². The highest BCUT2D eigenvalue weighted by Gasteiger charge is 2.31. The molecule has 178 valence electrons. The van der Waals surface area contributed by atoms with Crippen molar-refractivity contribution >= 4 is 23.7 Å². The highest BCUT2D eigenvalue weighted by molar-refractivity contribution is 5.94. The number of hydrogen-bond acceptors (Lipinski definition) is 6. The van der Waals surface area contributed by atoms with Gasteiger partial charge in [-0.15, -0.1) is 0 Å². The topological polar surface area (TPSA) is 171 Å². The Morgan fingerprint density at radius 3 is 2.03 bits per heavy atom.